The third-order valence-corrected chi connectivity index (χ3v) is 4.45. The minimum Gasteiger partial charge on any atom is -0.484 e. The van der Waals surface area contributed by atoms with Crippen molar-refractivity contribution in [2.24, 2.45) is 4.99 Å². The summed E-state index contributed by atoms with van der Waals surface area (Å²) in [7, 11) is 0. The van der Waals surface area contributed by atoms with Gasteiger partial charge in [-0.1, -0.05) is 41.4 Å². The predicted octanol–water partition coefficient (Wildman–Crippen LogP) is 4.38. The van der Waals surface area contributed by atoms with Crippen molar-refractivity contribution in [3.05, 3.63) is 63.6 Å². The monoisotopic (exact) mass is 564 g/mol. The highest BCUT2D eigenvalue weighted by Crippen LogP contribution is 2.20. The van der Waals surface area contributed by atoms with Gasteiger partial charge < -0.3 is 20.7 Å². The number of benzene rings is 2. The Labute approximate surface area is 204 Å². The molecule has 0 aliphatic heterocycles. The molecule has 164 valence electrons. The second-order valence-corrected chi connectivity index (χ2v) is 7.02. The van der Waals surface area contributed by atoms with E-state index in [1.807, 2.05) is 44.2 Å². The molecule has 0 saturated carbocycles. The van der Waals surface area contributed by atoms with E-state index in [2.05, 4.69) is 20.9 Å². The van der Waals surface area contributed by atoms with Crippen molar-refractivity contribution in [1.29, 1.82) is 0 Å². The molecule has 30 heavy (non-hydrogen) atoms. The van der Waals surface area contributed by atoms with E-state index in [0.29, 0.717) is 41.4 Å². The molecule has 2 rings (SSSR count). The van der Waals surface area contributed by atoms with Gasteiger partial charge in [-0.05, 0) is 49.2 Å². The first-order valence-electron chi connectivity index (χ1n) is 9.46. The molecule has 0 heterocycles. The number of nitrogens with zero attached hydrogens (tertiary/aromatic N) is 1. The number of guanidine groups is 1. The summed E-state index contributed by atoms with van der Waals surface area (Å²) in [6.07, 6.45) is 0. The summed E-state index contributed by atoms with van der Waals surface area (Å²) in [6, 6.07) is 12.9. The number of hydrogen-bond acceptors (Lipinski definition) is 3. The molecule has 0 radical (unpaired) electrons. The number of nitrogens with one attached hydrogen (secondary N) is 3. The maximum atomic E-state index is 11.5. The molecular formula is C21H27Cl2IN4O2. The third-order valence-electron chi connectivity index (χ3n) is 3.87. The molecule has 2 aromatic rings. The second kappa shape index (κ2) is 14.3. The van der Waals surface area contributed by atoms with Crippen LogP contribution in [-0.2, 0) is 17.9 Å². The summed E-state index contributed by atoms with van der Waals surface area (Å²) in [5.41, 5.74) is 1.91. The van der Waals surface area contributed by atoms with Gasteiger partial charge in [0.1, 0.15) is 5.75 Å². The van der Waals surface area contributed by atoms with Crippen molar-refractivity contribution in [2.45, 2.75) is 26.9 Å². The lowest BCUT2D eigenvalue weighted by Gasteiger charge is -2.13. The molecule has 0 unspecified atom stereocenters. The minimum atomic E-state index is -0.143. The number of amides is 1. The molecule has 0 aromatic heterocycles. The van der Waals surface area contributed by atoms with Crippen LogP contribution < -0.4 is 20.7 Å². The SMILES string of the molecule is CCNC(=O)COc1cccc(CN=C(NCC)NCc2ccc(Cl)cc2Cl)c1.I. The smallest absolute Gasteiger partial charge is 0.257 e. The molecule has 1 amide bonds. The predicted molar refractivity (Wildman–Crippen MR) is 134 cm³/mol. The number of aliphatic imine (C=N–C) groups is 1. The molecule has 6 nitrogen and oxygen atoms in total. The van der Waals surface area contributed by atoms with Crippen molar-refractivity contribution in [3.8, 4) is 5.75 Å². The van der Waals surface area contributed by atoms with Crippen LogP contribution >= 0.6 is 47.2 Å². The zero-order valence-electron chi connectivity index (χ0n) is 17.0. The molecule has 0 bridgehead atoms. The summed E-state index contributed by atoms with van der Waals surface area (Å²) in [5, 5.41) is 10.4. The summed E-state index contributed by atoms with van der Waals surface area (Å²) in [5.74, 6) is 1.16. The fourth-order valence-electron chi connectivity index (χ4n) is 2.49. The highest BCUT2D eigenvalue weighted by molar-refractivity contribution is 14.0. The lowest BCUT2D eigenvalue weighted by atomic mass is 10.2. The lowest BCUT2D eigenvalue weighted by molar-refractivity contribution is -0.122. The van der Waals surface area contributed by atoms with Crippen LogP contribution in [0.3, 0.4) is 0 Å². The Kier molecular flexibility index (Phi) is 12.6. The van der Waals surface area contributed by atoms with Gasteiger partial charge in [-0.2, -0.15) is 0 Å². The van der Waals surface area contributed by atoms with Crippen molar-refractivity contribution in [1.82, 2.24) is 16.0 Å². The summed E-state index contributed by atoms with van der Waals surface area (Å²) in [4.78, 5) is 16.1. The Morgan fingerprint density at radius 2 is 1.80 bits per heavy atom. The fourth-order valence-corrected chi connectivity index (χ4v) is 2.96. The van der Waals surface area contributed by atoms with E-state index in [-0.39, 0.29) is 36.5 Å². The van der Waals surface area contributed by atoms with Gasteiger partial charge in [0.05, 0.1) is 6.54 Å². The number of halogens is 3. The van der Waals surface area contributed by atoms with E-state index in [4.69, 9.17) is 27.9 Å². The average molecular weight is 565 g/mol. The second-order valence-electron chi connectivity index (χ2n) is 6.17. The van der Waals surface area contributed by atoms with Gasteiger partial charge in [-0.25, -0.2) is 4.99 Å². The van der Waals surface area contributed by atoms with Gasteiger partial charge in [0.25, 0.3) is 5.91 Å². The fraction of sp³-hybridized carbons (Fsp3) is 0.333. The van der Waals surface area contributed by atoms with Crippen LogP contribution in [0.2, 0.25) is 10.0 Å². The summed E-state index contributed by atoms with van der Waals surface area (Å²) in [6.45, 7) is 6.16. The van der Waals surface area contributed by atoms with Crippen LogP contribution in [0.25, 0.3) is 0 Å². The van der Waals surface area contributed by atoms with Gasteiger partial charge in [0.15, 0.2) is 12.6 Å². The van der Waals surface area contributed by atoms with Crippen LogP contribution in [0.5, 0.6) is 5.75 Å². The number of carbonyl (C=O) groups is 1. The first-order chi connectivity index (χ1) is 14.0. The third kappa shape index (κ3) is 9.40. The molecule has 2 aromatic carbocycles. The Hall–Kier alpha value is -1.71. The lowest BCUT2D eigenvalue weighted by Crippen LogP contribution is -2.36. The van der Waals surface area contributed by atoms with E-state index in [1.165, 1.54) is 0 Å². The van der Waals surface area contributed by atoms with Crippen LogP contribution in [-0.4, -0.2) is 31.6 Å². The van der Waals surface area contributed by atoms with Gasteiger partial charge in [-0.3, -0.25) is 4.79 Å². The number of likely N-dealkylation sites (N-methyl/N-ethyl adjacent to an activating group) is 1. The first-order valence-corrected chi connectivity index (χ1v) is 10.2. The molecule has 0 saturated heterocycles. The molecule has 3 N–H and O–H groups in total. The Bertz CT molecular complexity index is 850. The molecule has 0 atom stereocenters. The number of hydrogen-bond donors (Lipinski definition) is 3. The Balaban J connectivity index is 0.00000450. The quantitative estimate of drug-likeness (QED) is 0.240. The zero-order valence-corrected chi connectivity index (χ0v) is 20.8. The zero-order chi connectivity index (χ0) is 21.1. The van der Waals surface area contributed by atoms with E-state index < -0.39 is 0 Å². The van der Waals surface area contributed by atoms with Gasteiger partial charge in [-0.15, -0.1) is 24.0 Å². The van der Waals surface area contributed by atoms with Crippen molar-refractivity contribution in [2.75, 3.05) is 19.7 Å². The van der Waals surface area contributed by atoms with Gasteiger partial charge >= 0.3 is 0 Å². The minimum absolute atomic E-state index is 0. The van der Waals surface area contributed by atoms with Crippen molar-refractivity contribution >= 4 is 59.0 Å². The molecule has 0 fully saturated rings. The van der Waals surface area contributed by atoms with E-state index in [1.54, 1.807) is 12.1 Å². The molecule has 0 spiro atoms. The van der Waals surface area contributed by atoms with E-state index in [9.17, 15) is 4.79 Å². The largest absolute Gasteiger partial charge is 0.484 e. The molecule has 0 aliphatic carbocycles. The average Bonchev–Trinajstić information content (AvgIpc) is 2.70. The Morgan fingerprint density at radius 1 is 1.03 bits per heavy atom. The molecule has 0 aliphatic rings. The molecular weight excluding hydrogens is 538 g/mol. The van der Waals surface area contributed by atoms with Crippen molar-refractivity contribution in [3.63, 3.8) is 0 Å². The van der Waals surface area contributed by atoms with Crippen LogP contribution in [0.1, 0.15) is 25.0 Å². The van der Waals surface area contributed by atoms with Crippen LogP contribution in [0, 0.1) is 0 Å². The van der Waals surface area contributed by atoms with Crippen LogP contribution in [0.4, 0.5) is 0 Å². The summed E-state index contributed by atoms with van der Waals surface area (Å²) >= 11 is 12.2. The first kappa shape index (κ1) is 26.3. The van der Waals surface area contributed by atoms with Crippen molar-refractivity contribution < 1.29 is 9.53 Å². The molecule has 9 heteroatoms. The number of rotatable bonds is 9. The number of carbonyl (C=O) groups excluding carboxylic acids is 1. The normalized spacial score (nSPS) is 10.7. The van der Waals surface area contributed by atoms with Crippen LogP contribution in [0.15, 0.2) is 47.5 Å². The van der Waals surface area contributed by atoms with E-state index in [0.717, 1.165) is 17.7 Å². The maximum Gasteiger partial charge on any atom is 0.257 e. The van der Waals surface area contributed by atoms with E-state index >= 15 is 0 Å². The van der Waals surface area contributed by atoms with Gasteiger partial charge in [0, 0.05) is 29.7 Å². The topological polar surface area (TPSA) is 74.8 Å². The standard InChI is InChI=1S/C21H26Cl2N4O2.HI/c1-3-24-20(28)14-29-18-7-5-6-15(10-18)12-26-21(25-4-2)27-13-16-8-9-17(22)11-19(16)23;/h5-11H,3-4,12-14H2,1-2H3,(H,24,28)(H2,25,26,27);1H. The summed E-state index contributed by atoms with van der Waals surface area (Å²) < 4.78 is 5.53. The highest BCUT2D eigenvalue weighted by Gasteiger charge is 2.05. The van der Waals surface area contributed by atoms with Gasteiger partial charge in [0.2, 0.25) is 0 Å². The highest BCUT2D eigenvalue weighted by atomic mass is 127. The maximum absolute atomic E-state index is 11.5. The number of ether oxygens (including phenoxy) is 1. The Morgan fingerprint density at radius 3 is 2.50 bits per heavy atom.